The van der Waals surface area contributed by atoms with Gasteiger partial charge in [0.05, 0.1) is 16.3 Å². The Balaban J connectivity index is 2.06. The topological polar surface area (TPSA) is 89.4 Å². The lowest BCUT2D eigenvalue weighted by molar-refractivity contribution is -0.141. The van der Waals surface area contributed by atoms with Crippen molar-refractivity contribution in [1.82, 2.24) is 4.90 Å². The standard InChI is InChI=1S/C11H17N3O2S/c12-8(15)7-2-5-14(6-7)10(16)11(9(13)17)3-1-4-11/h7H,1-6H2,(H2,12,15)(H2,13,17). The second-order valence-electron chi connectivity index (χ2n) is 4.94. The third-order valence-corrected chi connectivity index (χ3v) is 4.36. The van der Waals surface area contributed by atoms with Crippen LogP contribution in [0, 0.1) is 11.3 Å². The maximum absolute atomic E-state index is 12.4. The number of carbonyl (C=O) groups is 2. The largest absolute Gasteiger partial charge is 0.392 e. The van der Waals surface area contributed by atoms with Crippen LogP contribution in [-0.4, -0.2) is 34.8 Å². The van der Waals surface area contributed by atoms with Crippen molar-refractivity contribution in [2.24, 2.45) is 22.8 Å². The Kier molecular flexibility index (Phi) is 3.07. The second kappa shape index (κ2) is 4.25. The van der Waals surface area contributed by atoms with Gasteiger partial charge in [0, 0.05) is 13.1 Å². The molecule has 0 spiro atoms. The van der Waals surface area contributed by atoms with E-state index in [1.165, 1.54) is 0 Å². The summed E-state index contributed by atoms with van der Waals surface area (Å²) in [5.74, 6) is -0.569. The lowest BCUT2D eigenvalue weighted by Crippen LogP contribution is -2.54. The molecule has 0 radical (unpaired) electrons. The summed E-state index contributed by atoms with van der Waals surface area (Å²) in [5, 5.41) is 0. The fourth-order valence-electron chi connectivity index (χ4n) is 2.58. The van der Waals surface area contributed by atoms with E-state index in [4.69, 9.17) is 23.7 Å². The van der Waals surface area contributed by atoms with Crippen molar-refractivity contribution in [2.45, 2.75) is 25.7 Å². The van der Waals surface area contributed by atoms with Gasteiger partial charge in [-0.25, -0.2) is 0 Å². The Hall–Kier alpha value is -1.17. The zero-order valence-corrected chi connectivity index (χ0v) is 10.5. The molecule has 0 aromatic heterocycles. The predicted molar refractivity (Wildman–Crippen MR) is 67.0 cm³/mol. The van der Waals surface area contributed by atoms with Crippen molar-refractivity contribution in [2.75, 3.05) is 13.1 Å². The number of primary amides is 1. The molecule has 6 heteroatoms. The fraction of sp³-hybridized carbons (Fsp3) is 0.727. The van der Waals surface area contributed by atoms with Crippen molar-refractivity contribution in [3.63, 3.8) is 0 Å². The SMILES string of the molecule is NC(=O)C1CCN(C(=O)C2(C(N)=S)CCC2)C1. The normalized spacial score (nSPS) is 26.4. The van der Waals surface area contributed by atoms with Gasteiger partial charge in [-0.3, -0.25) is 9.59 Å². The summed E-state index contributed by atoms with van der Waals surface area (Å²) in [6.07, 6.45) is 3.10. The Morgan fingerprint density at radius 2 is 1.94 bits per heavy atom. The van der Waals surface area contributed by atoms with E-state index in [2.05, 4.69) is 0 Å². The van der Waals surface area contributed by atoms with Crippen molar-refractivity contribution in [3.05, 3.63) is 0 Å². The Labute approximate surface area is 105 Å². The lowest BCUT2D eigenvalue weighted by atomic mass is 9.67. The lowest BCUT2D eigenvalue weighted by Gasteiger charge is -2.41. The summed E-state index contributed by atoms with van der Waals surface area (Å²) in [6, 6.07) is 0. The maximum atomic E-state index is 12.4. The van der Waals surface area contributed by atoms with E-state index in [0.29, 0.717) is 19.5 Å². The monoisotopic (exact) mass is 255 g/mol. The highest BCUT2D eigenvalue weighted by atomic mass is 32.1. The van der Waals surface area contributed by atoms with Gasteiger partial charge in [0.15, 0.2) is 0 Å². The first-order valence-electron chi connectivity index (χ1n) is 5.86. The van der Waals surface area contributed by atoms with Crippen LogP contribution in [0.5, 0.6) is 0 Å². The van der Waals surface area contributed by atoms with E-state index in [1.807, 2.05) is 0 Å². The number of nitrogens with two attached hydrogens (primary N) is 2. The van der Waals surface area contributed by atoms with Crippen molar-refractivity contribution < 1.29 is 9.59 Å². The summed E-state index contributed by atoms with van der Waals surface area (Å²) >= 11 is 5.01. The zero-order chi connectivity index (χ0) is 12.6. The molecule has 1 saturated heterocycles. The van der Waals surface area contributed by atoms with E-state index in [9.17, 15) is 9.59 Å². The number of rotatable bonds is 3. The number of hydrogen-bond acceptors (Lipinski definition) is 3. The van der Waals surface area contributed by atoms with Gasteiger partial charge in [0.2, 0.25) is 11.8 Å². The summed E-state index contributed by atoms with van der Waals surface area (Å²) in [6.45, 7) is 0.995. The number of hydrogen-bond donors (Lipinski definition) is 2. The summed E-state index contributed by atoms with van der Waals surface area (Å²) in [7, 11) is 0. The highest BCUT2D eigenvalue weighted by molar-refractivity contribution is 7.80. The van der Waals surface area contributed by atoms with Crippen LogP contribution in [0.25, 0.3) is 0 Å². The smallest absolute Gasteiger partial charge is 0.235 e. The highest BCUT2D eigenvalue weighted by Crippen LogP contribution is 2.43. The molecule has 1 aliphatic heterocycles. The first-order chi connectivity index (χ1) is 7.97. The van der Waals surface area contributed by atoms with Gasteiger partial charge in [0.25, 0.3) is 0 Å². The first kappa shape index (κ1) is 12.3. The van der Waals surface area contributed by atoms with Crippen LogP contribution in [0.1, 0.15) is 25.7 Å². The van der Waals surface area contributed by atoms with Gasteiger partial charge in [-0.1, -0.05) is 18.6 Å². The van der Waals surface area contributed by atoms with E-state index in [-0.39, 0.29) is 22.7 Å². The Morgan fingerprint density at radius 1 is 1.29 bits per heavy atom. The number of amides is 2. The molecule has 0 aromatic carbocycles. The van der Waals surface area contributed by atoms with Crippen molar-refractivity contribution in [1.29, 1.82) is 0 Å². The van der Waals surface area contributed by atoms with Crippen LogP contribution in [0.4, 0.5) is 0 Å². The van der Waals surface area contributed by atoms with Gasteiger partial charge in [0.1, 0.15) is 0 Å². The summed E-state index contributed by atoms with van der Waals surface area (Å²) in [5.41, 5.74) is 10.3. The molecule has 2 fully saturated rings. The predicted octanol–water partition coefficient (Wildman–Crippen LogP) is -0.223. The van der Waals surface area contributed by atoms with Crippen LogP contribution in [0.3, 0.4) is 0 Å². The molecule has 2 aliphatic rings. The molecule has 0 aromatic rings. The summed E-state index contributed by atoms with van der Waals surface area (Å²) in [4.78, 5) is 25.4. The second-order valence-corrected chi connectivity index (χ2v) is 5.38. The molecule has 1 unspecified atom stereocenters. The highest BCUT2D eigenvalue weighted by Gasteiger charge is 2.50. The molecule has 5 nitrogen and oxygen atoms in total. The van der Waals surface area contributed by atoms with E-state index >= 15 is 0 Å². The number of likely N-dealkylation sites (tertiary alicyclic amines) is 1. The number of carbonyl (C=O) groups excluding carboxylic acids is 2. The molecule has 1 saturated carbocycles. The number of nitrogens with zero attached hydrogens (tertiary/aromatic N) is 1. The average molecular weight is 255 g/mol. The van der Waals surface area contributed by atoms with Crippen LogP contribution >= 0.6 is 12.2 Å². The molecular weight excluding hydrogens is 238 g/mol. The quantitative estimate of drug-likeness (QED) is 0.682. The van der Waals surface area contributed by atoms with Crippen LogP contribution in [0.15, 0.2) is 0 Å². The minimum absolute atomic E-state index is 0.0139. The van der Waals surface area contributed by atoms with E-state index < -0.39 is 5.41 Å². The van der Waals surface area contributed by atoms with Gasteiger partial charge in [-0.15, -0.1) is 0 Å². The third-order valence-electron chi connectivity index (χ3n) is 3.97. The van der Waals surface area contributed by atoms with E-state index in [0.717, 1.165) is 19.3 Å². The Morgan fingerprint density at radius 3 is 2.29 bits per heavy atom. The van der Waals surface area contributed by atoms with Gasteiger partial charge < -0.3 is 16.4 Å². The molecule has 4 N–H and O–H groups in total. The third kappa shape index (κ3) is 1.90. The molecule has 1 atom stereocenters. The fourth-order valence-corrected chi connectivity index (χ4v) is 2.87. The molecule has 94 valence electrons. The molecule has 1 aliphatic carbocycles. The maximum Gasteiger partial charge on any atom is 0.235 e. The minimum atomic E-state index is -0.637. The van der Waals surface area contributed by atoms with Crippen LogP contribution < -0.4 is 11.5 Å². The number of thiocarbonyl (C=S) groups is 1. The van der Waals surface area contributed by atoms with Crippen molar-refractivity contribution >= 4 is 29.0 Å². The molecule has 2 amide bonds. The zero-order valence-electron chi connectivity index (χ0n) is 9.65. The molecule has 0 bridgehead atoms. The first-order valence-corrected chi connectivity index (χ1v) is 6.27. The minimum Gasteiger partial charge on any atom is -0.392 e. The van der Waals surface area contributed by atoms with Gasteiger partial charge >= 0.3 is 0 Å². The van der Waals surface area contributed by atoms with Gasteiger partial charge in [-0.2, -0.15) is 0 Å². The van der Waals surface area contributed by atoms with Crippen LogP contribution in [0.2, 0.25) is 0 Å². The molecule has 17 heavy (non-hydrogen) atoms. The molecule has 2 rings (SSSR count). The van der Waals surface area contributed by atoms with Crippen LogP contribution in [-0.2, 0) is 9.59 Å². The average Bonchev–Trinajstić information content (AvgIpc) is 2.63. The molecular formula is C11H17N3O2S. The van der Waals surface area contributed by atoms with E-state index in [1.54, 1.807) is 4.90 Å². The molecule has 1 heterocycles. The summed E-state index contributed by atoms with van der Waals surface area (Å²) < 4.78 is 0. The Bertz CT molecular complexity index is 379. The van der Waals surface area contributed by atoms with Gasteiger partial charge in [-0.05, 0) is 19.3 Å². The van der Waals surface area contributed by atoms with Crippen molar-refractivity contribution in [3.8, 4) is 0 Å².